The van der Waals surface area contributed by atoms with Gasteiger partial charge in [0.1, 0.15) is 12.1 Å². The molecule has 0 N–H and O–H groups in total. The van der Waals surface area contributed by atoms with Gasteiger partial charge in [-0.3, -0.25) is 0 Å². The van der Waals surface area contributed by atoms with Gasteiger partial charge in [-0.15, -0.1) is 0 Å². The molecular weight excluding hydrogens is 242 g/mol. The van der Waals surface area contributed by atoms with Crippen LogP contribution in [0.2, 0.25) is 18.1 Å². The Hall–Kier alpha value is -0.163. The molecule has 0 spiro atoms. The van der Waals surface area contributed by atoms with E-state index >= 15 is 0 Å². The Balaban J connectivity index is 2.04. The highest BCUT2D eigenvalue weighted by atomic mass is 28.4. The van der Waals surface area contributed by atoms with E-state index in [1.54, 1.807) is 7.05 Å². The van der Waals surface area contributed by atoms with Gasteiger partial charge in [-0.2, -0.15) is 0 Å². The van der Waals surface area contributed by atoms with E-state index < -0.39 is 8.32 Å². The molecule has 2 bridgehead atoms. The van der Waals surface area contributed by atoms with E-state index in [9.17, 15) is 5.21 Å². The summed E-state index contributed by atoms with van der Waals surface area (Å²) < 4.78 is 6.35. The van der Waals surface area contributed by atoms with Gasteiger partial charge in [0.2, 0.25) is 0 Å². The zero-order valence-electron chi connectivity index (χ0n) is 12.6. The Morgan fingerprint density at radius 3 is 2.00 bits per heavy atom. The van der Waals surface area contributed by atoms with Crippen LogP contribution in [0.25, 0.3) is 0 Å². The fraction of sp³-hybridized carbons (Fsp3) is 0.857. The van der Waals surface area contributed by atoms with Crippen LogP contribution in [0, 0.1) is 5.21 Å². The lowest BCUT2D eigenvalue weighted by Crippen LogP contribution is -2.57. The van der Waals surface area contributed by atoms with E-state index in [0.29, 0.717) is 0 Å². The summed E-state index contributed by atoms with van der Waals surface area (Å²) in [6, 6.07) is 0.219. The van der Waals surface area contributed by atoms with Crippen LogP contribution in [-0.4, -0.2) is 38.2 Å². The smallest absolute Gasteiger partial charge is 0.192 e. The minimum atomic E-state index is -1.71. The van der Waals surface area contributed by atoms with Crippen molar-refractivity contribution in [1.82, 2.24) is 0 Å². The second-order valence-corrected chi connectivity index (χ2v) is 12.3. The van der Waals surface area contributed by atoms with Crippen molar-refractivity contribution in [3.8, 4) is 0 Å². The lowest BCUT2D eigenvalue weighted by atomic mass is 9.99. The average Bonchev–Trinajstić information content (AvgIpc) is 2.36. The molecule has 2 aliphatic heterocycles. The fourth-order valence-electron chi connectivity index (χ4n) is 2.74. The molecule has 4 heteroatoms. The van der Waals surface area contributed by atoms with Crippen LogP contribution >= 0.6 is 0 Å². The number of hydroxylamine groups is 3. The van der Waals surface area contributed by atoms with Crippen molar-refractivity contribution in [2.24, 2.45) is 0 Å². The molecule has 18 heavy (non-hydrogen) atoms. The number of nitrogens with zero attached hydrogens (tertiary/aromatic N) is 1. The van der Waals surface area contributed by atoms with Gasteiger partial charge in [0.15, 0.2) is 8.32 Å². The van der Waals surface area contributed by atoms with Crippen molar-refractivity contribution in [3.63, 3.8) is 0 Å². The number of likely N-dealkylation sites (N-methyl/N-ethyl adjacent to an activating group) is 1. The van der Waals surface area contributed by atoms with E-state index in [4.69, 9.17) is 4.43 Å². The van der Waals surface area contributed by atoms with Crippen LogP contribution in [0.3, 0.4) is 0 Å². The fourth-order valence-corrected chi connectivity index (χ4v) is 4.12. The summed E-state index contributed by atoms with van der Waals surface area (Å²) in [5.74, 6) is 0. The lowest BCUT2D eigenvalue weighted by molar-refractivity contribution is -0.898. The molecule has 104 valence electrons. The highest BCUT2D eigenvalue weighted by Gasteiger charge is 2.47. The van der Waals surface area contributed by atoms with Crippen molar-refractivity contribution >= 4 is 8.32 Å². The van der Waals surface area contributed by atoms with Crippen molar-refractivity contribution < 1.29 is 9.07 Å². The largest absolute Gasteiger partial charge is 0.632 e. The molecule has 0 saturated carbocycles. The lowest BCUT2D eigenvalue weighted by Gasteiger charge is -2.52. The van der Waals surface area contributed by atoms with Crippen LogP contribution in [0.5, 0.6) is 0 Å². The molecule has 1 fully saturated rings. The molecule has 0 aromatic heterocycles. The summed E-state index contributed by atoms with van der Waals surface area (Å²) in [5.41, 5.74) is 0. The highest BCUT2D eigenvalue weighted by molar-refractivity contribution is 6.74. The Morgan fingerprint density at radius 2 is 1.61 bits per heavy atom. The second-order valence-electron chi connectivity index (χ2n) is 7.55. The first kappa shape index (κ1) is 14.3. The number of piperidine rings is 1. The van der Waals surface area contributed by atoms with Crippen LogP contribution in [0.15, 0.2) is 12.2 Å². The maximum Gasteiger partial charge on any atom is 0.192 e. The maximum atomic E-state index is 12.4. The minimum absolute atomic E-state index is 0.110. The first-order valence-corrected chi connectivity index (χ1v) is 9.88. The van der Waals surface area contributed by atoms with Gasteiger partial charge in [-0.05, 0) is 30.3 Å². The SMILES string of the molecule is CC(C)(C)[Si](C)(C)OC1C[C@H]2C=C[C@@H](C1)[N+]2(C)[O-]. The monoisotopic (exact) mass is 269 g/mol. The Labute approximate surface area is 112 Å². The molecule has 2 heterocycles. The Bertz CT molecular complexity index is 339. The van der Waals surface area contributed by atoms with Gasteiger partial charge in [0.25, 0.3) is 0 Å². The van der Waals surface area contributed by atoms with E-state index in [1.165, 1.54) is 0 Å². The Kier molecular flexibility index (Phi) is 3.30. The quantitative estimate of drug-likeness (QED) is 0.333. The summed E-state index contributed by atoms with van der Waals surface area (Å²) >= 11 is 0. The molecule has 0 amide bonds. The van der Waals surface area contributed by atoms with Crippen LogP contribution in [0.4, 0.5) is 0 Å². The van der Waals surface area contributed by atoms with E-state index in [0.717, 1.165) is 12.8 Å². The van der Waals surface area contributed by atoms with Crippen molar-refractivity contribution in [1.29, 1.82) is 0 Å². The third kappa shape index (κ3) is 2.31. The molecule has 2 rings (SSSR count). The first-order valence-electron chi connectivity index (χ1n) is 6.97. The summed E-state index contributed by atoms with van der Waals surface area (Å²) in [7, 11) is 0.0966. The molecule has 4 atom stereocenters. The van der Waals surface area contributed by atoms with Gasteiger partial charge in [-0.25, -0.2) is 0 Å². The summed E-state index contributed by atoms with van der Waals surface area (Å²) in [4.78, 5) is 0. The first-order chi connectivity index (χ1) is 8.04. The second kappa shape index (κ2) is 4.17. The standard InChI is InChI=1S/C14H27NO2Si/c1-14(2,3)18(5,6)17-13-9-11-7-8-12(10-13)15(11,4)16/h7-8,11-13H,9-10H2,1-6H3/t11-,12+,13?,15?. The molecule has 2 aliphatic rings. The van der Waals surface area contributed by atoms with Gasteiger partial charge >= 0.3 is 0 Å². The van der Waals surface area contributed by atoms with Crippen LogP contribution < -0.4 is 0 Å². The van der Waals surface area contributed by atoms with Gasteiger partial charge in [0.05, 0.1) is 13.2 Å². The molecule has 3 nitrogen and oxygen atoms in total. The summed E-state index contributed by atoms with van der Waals surface area (Å²) in [6.45, 7) is 11.4. The van der Waals surface area contributed by atoms with Crippen molar-refractivity contribution in [2.45, 2.75) is 69.9 Å². The average molecular weight is 269 g/mol. The third-order valence-electron chi connectivity index (χ3n) is 5.15. The predicted octanol–water partition coefficient (Wildman–Crippen LogP) is 3.42. The minimum Gasteiger partial charge on any atom is -0.632 e. The molecular formula is C14H27NO2Si. The molecule has 0 aromatic rings. The van der Waals surface area contributed by atoms with E-state index in [1.807, 2.05) is 0 Å². The normalized spacial score (nSPS) is 40.3. The third-order valence-corrected chi connectivity index (χ3v) is 9.68. The number of fused-ring (bicyclic) bond motifs is 2. The van der Waals surface area contributed by atoms with Gasteiger partial charge in [0, 0.05) is 12.8 Å². The zero-order chi connectivity index (χ0) is 13.8. The van der Waals surface area contributed by atoms with Gasteiger partial charge in [-0.1, -0.05) is 20.8 Å². The number of hydrogen-bond donors (Lipinski definition) is 0. The highest BCUT2D eigenvalue weighted by Crippen LogP contribution is 2.42. The Morgan fingerprint density at radius 1 is 1.17 bits per heavy atom. The van der Waals surface area contributed by atoms with E-state index in [-0.39, 0.29) is 27.9 Å². The number of hydrogen-bond acceptors (Lipinski definition) is 2. The van der Waals surface area contributed by atoms with E-state index in [2.05, 4.69) is 46.0 Å². The molecule has 0 radical (unpaired) electrons. The molecule has 2 unspecified atom stereocenters. The number of quaternary nitrogens is 1. The zero-order valence-corrected chi connectivity index (χ0v) is 13.6. The molecule has 0 aliphatic carbocycles. The van der Waals surface area contributed by atoms with Gasteiger partial charge < -0.3 is 14.3 Å². The maximum absolute atomic E-state index is 12.4. The predicted molar refractivity (Wildman–Crippen MR) is 77.6 cm³/mol. The van der Waals surface area contributed by atoms with Crippen LogP contribution in [0.1, 0.15) is 33.6 Å². The van der Waals surface area contributed by atoms with Crippen LogP contribution in [-0.2, 0) is 4.43 Å². The summed E-state index contributed by atoms with van der Waals surface area (Å²) in [6.07, 6.45) is 6.26. The topological polar surface area (TPSA) is 32.3 Å². The number of rotatable bonds is 2. The summed E-state index contributed by atoms with van der Waals surface area (Å²) in [5, 5.41) is 12.6. The van der Waals surface area contributed by atoms with Crippen molar-refractivity contribution in [2.75, 3.05) is 7.05 Å². The molecule has 0 aromatic carbocycles. The van der Waals surface area contributed by atoms with Crippen molar-refractivity contribution in [3.05, 3.63) is 17.4 Å². The molecule has 1 saturated heterocycles.